The third-order valence-corrected chi connectivity index (χ3v) is 6.34. The average molecular weight is 499 g/mol. The van der Waals surface area contributed by atoms with Gasteiger partial charge in [0.05, 0.1) is 37.1 Å². The third kappa shape index (κ3) is 4.08. The number of thiazole rings is 1. The number of aromatic nitrogens is 1. The van der Waals surface area contributed by atoms with Gasteiger partial charge in [0.25, 0.3) is 5.91 Å². The Labute approximate surface area is 191 Å². The van der Waals surface area contributed by atoms with E-state index in [4.69, 9.17) is 14.2 Å². The average Bonchev–Trinajstić information content (AvgIpc) is 3.26. The Kier molecular flexibility index (Phi) is 6.11. The number of nitrogens with zero attached hydrogens (tertiary/aromatic N) is 1. The number of amides is 1. The number of benzene rings is 3. The first-order valence-corrected chi connectivity index (χ1v) is 11.0. The summed E-state index contributed by atoms with van der Waals surface area (Å²) in [5, 5.41) is 7.15. The van der Waals surface area contributed by atoms with E-state index in [0.717, 1.165) is 26.5 Å². The SMILES string of the molecule is COc1ccc(-c2csc(NC(=O)c3cc4ccccc4c(Br)c3OC)n2)cc1OC. The molecule has 31 heavy (non-hydrogen) atoms. The van der Waals surface area contributed by atoms with Crippen molar-refractivity contribution in [1.82, 2.24) is 4.98 Å². The van der Waals surface area contributed by atoms with Gasteiger partial charge in [-0.2, -0.15) is 0 Å². The van der Waals surface area contributed by atoms with Gasteiger partial charge in [0.1, 0.15) is 5.75 Å². The zero-order chi connectivity index (χ0) is 22.0. The molecule has 0 saturated heterocycles. The second kappa shape index (κ2) is 8.95. The number of nitrogens with one attached hydrogen (secondary N) is 1. The Balaban J connectivity index is 1.63. The van der Waals surface area contributed by atoms with E-state index >= 15 is 0 Å². The molecule has 0 aliphatic rings. The van der Waals surface area contributed by atoms with Crippen LogP contribution in [0.3, 0.4) is 0 Å². The van der Waals surface area contributed by atoms with Crippen LogP contribution in [-0.2, 0) is 0 Å². The number of hydrogen-bond acceptors (Lipinski definition) is 6. The monoisotopic (exact) mass is 498 g/mol. The van der Waals surface area contributed by atoms with Gasteiger partial charge in [-0.3, -0.25) is 10.1 Å². The first-order valence-electron chi connectivity index (χ1n) is 9.30. The lowest BCUT2D eigenvalue weighted by Gasteiger charge is -2.12. The van der Waals surface area contributed by atoms with E-state index in [1.807, 2.05) is 53.9 Å². The van der Waals surface area contributed by atoms with Crippen LogP contribution >= 0.6 is 27.3 Å². The molecule has 0 unspecified atom stereocenters. The van der Waals surface area contributed by atoms with Crippen LogP contribution in [0.15, 0.2) is 58.4 Å². The number of fused-ring (bicyclic) bond motifs is 1. The lowest BCUT2D eigenvalue weighted by Crippen LogP contribution is -2.13. The second-order valence-corrected chi connectivity index (χ2v) is 8.21. The normalized spacial score (nSPS) is 10.7. The van der Waals surface area contributed by atoms with Crippen molar-refractivity contribution in [2.24, 2.45) is 0 Å². The highest BCUT2D eigenvalue weighted by Gasteiger charge is 2.19. The number of ether oxygens (including phenoxy) is 3. The Morgan fingerprint density at radius 2 is 1.77 bits per heavy atom. The van der Waals surface area contributed by atoms with Crippen molar-refractivity contribution in [2.75, 3.05) is 26.6 Å². The van der Waals surface area contributed by atoms with E-state index in [0.29, 0.717) is 27.9 Å². The molecule has 1 heterocycles. The Morgan fingerprint density at radius 3 is 2.52 bits per heavy atom. The molecule has 0 aliphatic carbocycles. The molecule has 0 fully saturated rings. The van der Waals surface area contributed by atoms with E-state index in [1.54, 1.807) is 21.3 Å². The molecule has 1 aromatic heterocycles. The van der Waals surface area contributed by atoms with Gasteiger partial charge in [0.15, 0.2) is 16.6 Å². The molecular formula is C23H19BrN2O4S. The fourth-order valence-corrected chi connectivity index (χ4v) is 4.73. The standard InChI is InChI=1S/C23H19BrN2O4S/c1-28-18-9-8-14(11-19(18)29-2)17-12-31-23(25-17)26-22(27)16-10-13-6-4-5-7-15(13)20(24)21(16)30-3/h4-12H,1-3H3,(H,25,26,27). The van der Waals surface area contributed by atoms with Crippen LogP contribution in [0.25, 0.3) is 22.0 Å². The zero-order valence-corrected chi connectivity index (χ0v) is 19.5. The number of halogens is 1. The molecule has 0 spiro atoms. The molecule has 0 aliphatic heterocycles. The van der Waals surface area contributed by atoms with E-state index < -0.39 is 0 Å². The van der Waals surface area contributed by atoms with Crippen LogP contribution in [0.4, 0.5) is 5.13 Å². The van der Waals surface area contributed by atoms with Crippen LogP contribution < -0.4 is 19.5 Å². The Morgan fingerprint density at radius 1 is 1.00 bits per heavy atom. The number of carbonyl (C=O) groups is 1. The molecule has 6 nitrogen and oxygen atoms in total. The van der Waals surface area contributed by atoms with Crippen molar-refractivity contribution >= 4 is 49.1 Å². The predicted octanol–water partition coefficient (Wildman–Crippen LogP) is 6.00. The maximum atomic E-state index is 13.0. The first kappa shape index (κ1) is 21.1. The number of rotatable bonds is 6. The molecule has 1 amide bonds. The van der Waals surface area contributed by atoms with Crippen molar-refractivity contribution in [2.45, 2.75) is 0 Å². The molecule has 158 valence electrons. The molecule has 4 aromatic rings. The van der Waals surface area contributed by atoms with Crippen molar-refractivity contribution in [3.63, 3.8) is 0 Å². The lowest BCUT2D eigenvalue weighted by atomic mass is 10.1. The Bertz CT molecular complexity index is 1270. The molecule has 0 bridgehead atoms. The lowest BCUT2D eigenvalue weighted by molar-refractivity contribution is 0.102. The fourth-order valence-electron chi connectivity index (χ4n) is 3.28. The highest BCUT2D eigenvalue weighted by molar-refractivity contribution is 9.10. The largest absolute Gasteiger partial charge is 0.495 e. The van der Waals surface area contributed by atoms with Crippen LogP contribution in [-0.4, -0.2) is 32.2 Å². The maximum absolute atomic E-state index is 13.0. The summed E-state index contributed by atoms with van der Waals surface area (Å²) >= 11 is 4.91. The Hall–Kier alpha value is -3.10. The van der Waals surface area contributed by atoms with E-state index in [2.05, 4.69) is 26.2 Å². The summed E-state index contributed by atoms with van der Waals surface area (Å²) in [4.78, 5) is 17.6. The summed E-state index contributed by atoms with van der Waals surface area (Å²) in [6, 6.07) is 15.2. The van der Waals surface area contributed by atoms with Crippen molar-refractivity contribution in [3.8, 4) is 28.5 Å². The van der Waals surface area contributed by atoms with Crippen molar-refractivity contribution < 1.29 is 19.0 Å². The van der Waals surface area contributed by atoms with Gasteiger partial charge in [-0.05, 0) is 51.0 Å². The minimum absolute atomic E-state index is 0.295. The summed E-state index contributed by atoms with van der Waals surface area (Å²) in [7, 11) is 4.72. The smallest absolute Gasteiger partial charge is 0.261 e. The maximum Gasteiger partial charge on any atom is 0.261 e. The van der Waals surface area contributed by atoms with Gasteiger partial charge in [0.2, 0.25) is 0 Å². The van der Waals surface area contributed by atoms with Gasteiger partial charge >= 0.3 is 0 Å². The summed E-state index contributed by atoms with van der Waals surface area (Å²) in [6.45, 7) is 0. The fraction of sp³-hybridized carbons (Fsp3) is 0.130. The van der Waals surface area contributed by atoms with Gasteiger partial charge < -0.3 is 14.2 Å². The summed E-state index contributed by atoms with van der Waals surface area (Å²) in [6.07, 6.45) is 0. The molecule has 4 rings (SSSR count). The van der Waals surface area contributed by atoms with Crippen molar-refractivity contribution in [3.05, 3.63) is 63.9 Å². The van der Waals surface area contributed by atoms with Gasteiger partial charge in [-0.15, -0.1) is 11.3 Å². The summed E-state index contributed by atoms with van der Waals surface area (Å²) < 4.78 is 16.9. The molecule has 1 N–H and O–H groups in total. The molecule has 0 radical (unpaired) electrons. The molecule has 8 heteroatoms. The summed E-state index contributed by atoms with van der Waals surface area (Å²) in [5.74, 6) is 1.44. The van der Waals surface area contributed by atoms with E-state index in [-0.39, 0.29) is 5.91 Å². The van der Waals surface area contributed by atoms with Crippen molar-refractivity contribution in [1.29, 1.82) is 0 Å². The number of hydrogen-bond donors (Lipinski definition) is 1. The predicted molar refractivity (Wildman–Crippen MR) is 127 cm³/mol. The van der Waals surface area contributed by atoms with Crippen LogP contribution in [0, 0.1) is 0 Å². The molecule has 0 saturated carbocycles. The van der Waals surface area contributed by atoms with Gasteiger partial charge in [-0.25, -0.2) is 4.98 Å². The number of methoxy groups -OCH3 is 3. The van der Waals surface area contributed by atoms with E-state index in [9.17, 15) is 4.79 Å². The third-order valence-electron chi connectivity index (χ3n) is 4.79. The first-order chi connectivity index (χ1) is 15.0. The minimum atomic E-state index is -0.295. The van der Waals surface area contributed by atoms with Gasteiger partial charge in [-0.1, -0.05) is 24.3 Å². The van der Waals surface area contributed by atoms with Crippen LogP contribution in [0.1, 0.15) is 10.4 Å². The second-order valence-electron chi connectivity index (χ2n) is 6.55. The minimum Gasteiger partial charge on any atom is -0.495 e. The highest BCUT2D eigenvalue weighted by atomic mass is 79.9. The zero-order valence-electron chi connectivity index (χ0n) is 17.1. The van der Waals surface area contributed by atoms with Crippen LogP contribution in [0.2, 0.25) is 0 Å². The highest BCUT2D eigenvalue weighted by Crippen LogP contribution is 2.37. The number of anilines is 1. The quantitative estimate of drug-likeness (QED) is 0.352. The molecule has 0 atom stereocenters. The molecular weight excluding hydrogens is 480 g/mol. The van der Waals surface area contributed by atoms with Gasteiger partial charge in [0, 0.05) is 10.9 Å². The summed E-state index contributed by atoms with van der Waals surface area (Å²) in [5.41, 5.74) is 2.02. The number of carbonyl (C=O) groups excluding carboxylic acids is 1. The molecule has 3 aromatic carbocycles. The topological polar surface area (TPSA) is 69.7 Å². The van der Waals surface area contributed by atoms with E-state index in [1.165, 1.54) is 11.3 Å². The van der Waals surface area contributed by atoms with Crippen LogP contribution in [0.5, 0.6) is 17.2 Å².